The molecule has 0 bridgehead atoms. The van der Waals surface area contributed by atoms with Crippen LogP contribution in [-0.2, 0) is 0 Å². The van der Waals surface area contributed by atoms with E-state index in [9.17, 15) is 4.39 Å². The van der Waals surface area contributed by atoms with Crippen molar-refractivity contribution in [1.82, 2.24) is 4.57 Å². The monoisotopic (exact) mass is 238 g/mol. The normalized spacial score (nSPS) is 10.3. The van der Waals surface area contributed by atoms with E-state index in [1.165, 1.54) is 6.07 Å². The molecular formula is C10H6BrFN. The molecule has 1 aromatic carbocycles. The molecule has 0 fully saturated rings. The highest BCUT2D eigenvalue weighted by atomic mass is 79.9. The van der Waals surface area contributed by atoms with Crippen molar-refractivity contribution < 1.29 is 4.39 Å². The Hall–Kier alpha value is -1.09. The first-order valence-electron chi connectivity index (χ1n) is 3.77. The molecule has 1 aromatic heterocycles. The number of benzene rings is 1. The predicted octanol–water partition coefficient (Wildman–Crippen LogP) is 3.18. The summed E-state index contributed by atoms with van der Waals surface area (Å²) in [5.74, 6) is -0.345. The molecule has 0 N–H and O–H groups in total. The number of hydrogen-bond acceptors (Lipinski definition) is 0. The lowest BCUT2D eigenvalue weighted by Crippen LogP contribution is -1.89. The fourth-order valence-corrected chi connectivity index (χ4v) is 1.46. The van der Waals surface area contributed by atoms with Crippen molar-refractivity contribution in [3.63, 3.8) is 0 Å². The molecule has 0 aliphatic rings. The Kier molecular flexibility index (Phi) is 2.19. The summed E-state index contributed by atoms with van der Waals surface area (Å²) < 4.78 is 15.6. The first-order valence-corrected chi connectivity index (χ1v) is 4.56. The van der Waals surface area contributed by atoms with Crippen LogP contribution in [0, 0.1) is 11.9 Å². The lowest BCUT2D eigenvalue weighted by atomic mass is 10.3. The molecule has 2 rings (SSSR count). The van der Waals surface area contributed by atoms with E-state index in [-0.39, 0.29) is 5.82 Å². The average Bonchev–Trinajstić information content (AvgIpc) is 2.52. The van der Waals surface area contributed by atoms with Gasteiger partial charge < -0.3 is 4.57 Å². The first-order chi connectivity index (χ1) is 6.25. The summed E-state index contributed by atoms with van der Waals surface area (Å²) in [4.78, 5) is 0. The lowest BCUT2D eigenvalue weighted by Gasteiger charge is -2.00. The van der Waals surface area contributed by atoms with E-state index in [1.54, 1.807) is 12.1 Å². The fraction of sp³-hybridized carbons (Fsp3) is 0. The summed E-state index contributed by atoms with van der Waals surface area (Å²) in [6.45, 7) is 0. The van der Waals surface area contributed by atoms with Crippen molar-refractivity contribution in [3.8, 4) is 5.69 Å². The Balaban J connectivity index is 2.46. The standard InChI is InChI=1S/C10H6BrFN/c11-8-4-5-13(7-8)10-3-1-2-9(12)6-10/h1,3-7H. The van der Waals surface area contributed by atoms with Crippen LogP contribution in [0.4, 0.5) is 4.39 Å². The molecule has 13 heavy (non-hydrogen) atoms. The van der Waals surface area contributed by atoms with Crippen LogP contribution in [0.5, 0.6) is 0 Å². The molecule has 1 heterocycles. The highest BCUT2D eigenvalue weighted by Crippen LogP contribution is 2.15. The maximum atomic E-state index is 12.8. The third-order valence-corrected chi connectivity index (χ3v) is 2.17. The number of aromatic nitrogens is 1. The summed E-state index contributed by atoms with van der Waals surface area (Å²) in [7, 11) is 0. The van der Waals surface area contributed by atoms with Gasteiger partial charge in [0, 0.05) is 28.6 Å². The number of nitrogens with zero attached hydrogens (tertiary/aromatic N) is 1. The molecule has 0 saturated heterocycles. The van der Waals surface area contributed by atoms with Crippen molar-refractivity contribution in [2.75, 3.05) is 0 Å². The van der Waals surface area contributed by atoms with Gasteiger partial charge in [0.2, 0.25) is 0 Å². The maximum absolute atomic E-state index is 12.8. The van der Waals surface area contributed by atoms with Crippen LogP contribution in [0.2, 0.25) is 0 Å². The Labute approximate surface area is 83.9 Å². The molecule has 0 aliphatic carbocycles. The van der Waals surface area contributed by atoms with Gasteiger partial charge in [0.15, 0.2) is 0 Å². The second-order valence-electron chi connectivity index (χ2n) is 2.63. The largest absolute Gasteiger partial charge is 0.323 e. The smallest absolute Gasteiger partial charge is 0.133 e. The summed E-state index contributed by atoms with van der Waals surface area (Å²) >= 11 is 3.33. The van der Waals surface area contributed by atoms with E-state index >= 15 is 0 Å². The summed E-state index contributed by atoms with van der Waals surface area (Å²) in [6, 6.07) is 9.16. The quantitative estimate of drug-likeness (QED) is 0.720. The van der Waals surface area contributed by atoms with Gasteiger partial charge in [-0.25, -0.2) is 4.39 Å². The van der Waals surface area contributed by atoms with Crippen LogP contribution < -0.4 is 0 Å². The van der Waals surface area contributed by atoms with E-state index in [2.05, 4.69) is 22.0 Å². The third kappa shape index (κ3) is 1.80. The van der Waals surface area contributed by atoms with Crippen LogP contribution >= 0.6 is 15.9 Å². The van der Waals surface area contributed by atoms with E-state index in [0.717, 1.165) is 10.2 Å². The van der Waals surface area contributed by atoms with Crippen LogP contribution in [-0.4, -0.2) is 4.57 Å². The van der Waals surface area contributed by atoms with Crippen LogP contribution in [0.1, 0.15) is 0 Å². The molecule has 1 nitrogen and oxygen atoms in total. The zero-order chi connectivity index (χ0) is 9.26. The Morgan fingerprint density at radius 1 is 1.38 bits per heavy atom. The molecule has 0 unspecified atom stereocenters. The zero-order valence-electron chi connectivity index (χ0n) is 6.67. The van der Waals surface area contributed by atoms with Gasteiger partial charge in [0.1, 0.15) is 5.82 Å². The molecule has 0 saturated carbocycles. The van der Waals surface area contributed by atoms with Crippen LogP contribution in [0.25, 0.3) is 5.69 Å². The van der Waals surface area contributed by atoms with Gasteiger partial charge in [-0.2, -0.15) is 0 Å². The van der Waals surface area contributed by atoms with Crippen LogP contribution in [0.3, 0.4) is 0 Å². The van der Waals surface area contributed by atoms with Crippen molar-refractivity contribution >= 4 is 15.9 Å². The van der Waals surface area contributed by atoms with Gasteiger partial charge in [-0.15, -0.1) is 0 Å². The molecule has 0 aliphatic heterocycles. The predicted molar refractivity (Wildman–Crippen MR) is 52.3 cm³/mol. The lowest BCUT2D eigenvalue weighted by molar-refractivity contribution is 0.624. The minimum Gasteiger partial charge on any atom is -0.323 e. The first kappa shape index (κ1) is 8.51. The van der Waals surface area contributed by atoms with Gasteiger partial charge in [0.25, 0.3) is 0 Å². The highest BCUT2D eigenvalue weighted by molar-refractivity contribution is 9.10. The topological polar surface area (TPSA) is 4.93 Å². The van der Waals surface area contributed by atoms with Crippen molar-refractivity contribution in [2.45, 2.75) is 0 Å². The third-order valence-electron chi connectivity index (χ3n) is 1.70. The van der Waals surface area contributed by atoms with Crippen molar-refractivity contribution in [3.05, 3.63) is 53.0 Å². The SMILES string of the molecule is Fc1[c]ccc(-n2ccc(Br)c2)c1. The van der Waals surface area contributed by atoms with Gasteiger partial charge in [-0.3, -0.25) is 0 Å². The minimum atomic E-state index is -0.345. The molecule has 0 amide bonds. The molecule has 3 heteroatoms. The Morgan fingerprint density at radius 3 is 2.85 bits per heavy atom. The molecule has 0 atom stereocenters. The highest BCUT2D eigenvalue weighted by Gasteiger charge is 1.97. The van der Waals surface area contributed by atoms with Crippen molar-refractivity contribution in [1.29, 1.82) is 0 Å². The van der Waals surface area contributed by atoms with Crippen molar-refractivity contribution in [2.24, 2.45) is 0 Å². The number of rotatable bonds is 1. The van der Waals surface area contributed by atoms with Gasteiger partial charge >= 0.3 is 0 Å². The Morgan fingerprint density at radius 2 is 2.23 bits per heavy atom. The maximum Gasteiger partial charge on any atom is 0.133 e. The summed E-state index contributed by atoms with van der Waals surface area (Å²) in [5.41, 5.74) is 0.793. The van der Waals surface area contributed by atoms with Crippen LogP contribution in [0.15, 0.2) is 41.1 Å². The molecule has 1 radical (unpaired) electrons. The zero-order valence-corrected chi connectivity index (χ0v) is 8.25. The second-order valence-corrected chi connectivity index (χ2v) is 3.55. The number of halogens is 2. The second kappa shape index (κ2) is 3.34. The summed E-state index contributed by atoms with van der Waals surface area (Å²) in [5, 5.41) is 0. The van der Waals surface area contributed by atoms with Gasteiger partial charge in [-0.1, -0.05) is 0 Å². The van der Waals surface area contributed by atoms with Gasteiger partial charge in [0.05, 0.1) is 0 Å². The van der Waals surface area contributed by atoms with Gasteiger partial charge in [-0.05, 0) is 40.2 Å². The fourth-order valence-electron chi connectivity index (χ4n) is 1.12. The molecule has 0 spiro atoms. The van der Waals surface area contributed by atoms with E-state index in [0.29, 0.717) is 0 Å². The minimum absolute atomic E-state index is 0.345. The molecular weight excluding hydrogens is 233 g/mol. The molecule has 2 aromatic rings. The molecule has 65 valence electrons. The van der Waals surface area contributed by atoms with E-state index < -0.39 is 0 Å². The summed E-state index contributed by atoms with van der Waals surface area (Å²) in [6.07, 6.45) is 3.73. The van der Waals surface area contributed by atoms with E-state index in [1.807, 2.05) is 23.0 Å². The van der Waals surface area contributed by atoms with E-state index in [4.69, 9.17) is 0 Å². The average molecular weight is 239 g/mol. The number of hydrogen-bond donors (Lipinski definition) is 0. The Bertz CT molecular complexity index is 422.